The van der Waals surface area contributed by atoms with Crippen LogP contribution in [0.2, 0.25) is 0 Å². The molecular formula is C13H21N3O2. The average Bonchev–Trinajstić information content (AvgIpc) is 2.85. The monoisotopic (exact) mass is 251 g/mol. The van der Waals surface area contributed by atoms with Crippen molar-refractivity contribution in [3.63, 3.8) is 0 Å². The van der Waals surface area contributed by atoms with Crippen molar-refractivity contribution >= 4 is 0 Å². The Morgan fingerprint density at radius 2 is 2.28 bits per heavy atom. The van der Waals surface area contributed by atoms with Gasteiger partial charge in [0, 0.05) is 31.4 Å². The fraction of sp³-hybridized carbons (Fsp3) is 0.615. The number of pyridine rings is 1. The first-order valence-corrected chi connectivity index (χ1v) is 6.30. The summed E-state index contributed by atoms with van der Waals surface area (Å²) in [6.07, 6.45) is 4.13. The molecular weight excluding hydrogens is 230 g/mol. The maximum atomic E-state index is 5.79. The van der Waals surface area contributed by atoms with E-state index in [1.165, 1.54) is 12.8 Å². The van der Waals surface area contributed by atoms with Gasteiger partial charge in [0.2, 0.25) is 0 Å². The van der Waals surface area contributed by atoms with E-state index in [4.69, 9.17) is 15.2 Å². The highest BCUT2D eigenvalue weighted by molar-refractivity contribution is 5.42. The zero-order valence-corrected chi connectivity index (χ0v) is 11.1. The van der Waals surface area contributed by atoms with Crippen molar-refractivity contribution < 1.29 is 9.47 Å². The average molecular weight is 251 g/mol. The fourth-order valence-corrected chi connectivity index (χ4v) is 2.53. The van der Waals surface area contributed by atoms with Crippen LogP contribution in [0.3, 0.4) is 0 Å². The smallest absolute Gasteiger partial charge is 0.183 e. The Bertz CT molecular complexity index is 398. The van der Waals surface area contributed by atoms with Gasteiger partial charge in [0.1, 0.15) is 5.69 Å². The Morgan fingerprint density at radius 1 is 1.44 bits per heavy atom. The third-order valence-electron chi connectivity index (χ3n) is 3.49. The Labute approximate surface area is 108 Å². The minimum Gasteiger partial charge on any atom is -0.493 e. The summed E-state index contributed by atoms with van der Waals surface area (Å²) < 4.78 is 10.7. The molecule has 0 aliphatic carbocycles. The van der Waals surface area contributed by atoms with Gasteiger partial charge in [-0.25, -0.2) is 0 Å². The molecule has 2 rings (SSSR count). The van der Waals surface area contributed by atoms with Crippen LogP contribution in [0.5, 0.6) is 11.5 Å². The van der Waals surface area contributed by atoms with Crippen molar-refractivity contribution in [3.8, 4) is 11.5 Å². The molecule has 1 aromatic rings. The lowest BCUT2D eigenvalue weighted by Gasteiger charge is -2.23. The van der Waals surface area contributed by atoms with E-state index in [1.54, 1.807) is 20.4 Å². The highest BCUT2D eigenvalue weighted by Crippen LogP contribution is 2.31. The van der Waals surface area contributed by atoms with E-state index < -0.39 is 0 Å². The number of nitrogens with zero attached hydrogens (tertiary/aromatic N) is 2. The van der Waals surface area contributed by atoms with Gasteiger partial charge in [-0.2, -0.15) is 0 Å². The van der Waals surface area contributed by atoms with Crippen molar-refractivity contribution in [1.82, 2.24) is 9.88 Å². The lowest BCUT2D eigenvalue weighted by Crippen LogP contribution is -2.35. The van der Waals surface area contributed by atoms with Crippen LogP contribution in [0.15, 0.2) is 12.3 Å². The number of hydrogen-bond acceptors (Lipinski definition) is 5. The molecule has 0 radical (unpaired) electrons. The van der Waals surface area contributed by atoms with Gasteiger partial charge in [-0.05, 0) is 19.4 Å². The van der Waals surface area contributed by atoms with Gasteiger partial charge in [-0.1, -0.05) is 0 Å². The zero-order valence-electron chi connectivity index (χ0n) is 11.1. The summed E-state index contributed by atoms with van der Waals surface area (Å²) in [5.41, 5.74) is 6.70. The standard InChI is InChI=1S/C13H21N3O2/c1-17-12-5-6-15-11(13(12)18-2)9-16-7-3-4-10(16)8-14/h5-6,10H,3-4,7-9,14H2,1-2H3. The molecule has 0 amide bonds. The van der Waals surface area contributed by atoms with Crippen LogP contribution in [-0.2, 0) is 6.54 Å². The highest BCUT2D eigenvalue weighted by atomic mass is 16.5. The van der Waals surface area contributed by atoms with Crippen LogP contribution < -0.4 is 15.2 Å². The molecule has 1 aliphatic rings. The maximum Gasteiger partial charge on any atom is 0.183 e. The number of likely N-dealkylation sites (tertiary alicyclic amines) is 1. The number of nitrogens with two attached hydrogens (primary N) is 1. The summed E-state index contributed by atoms with van der Waals surface area (Å²) in [6, 6.07) is 2.27. The number of rotatable bonds is 5. The number of methoxy groups -OCH3 is 2. The van der Waals surface area contributed by atoms with E-state index in [2.05, 4.69) is 9.88 Å². The van der Waals surface area contributed by atoms with Crippen molar-refractivity contribution in [1.29, 1.82) is 0 Å². The molecule has 2 N–H and O–H groups in total. The first-order chi connectivity index (χ1) is 8.80. The molecule has 2 heterocycles. The lowest BCUT2D eigenvalue weighted by atomic mass is 10.2. The third kappa shape index (κ3) is 2.57. The Morgan fingerprint density at radius 3 is 2.94 bits per heavy atom. The molecule has 1 aliphatic heterocycles. The van der Waals surface area contributed by atoms with E-state index in [0.29, 0.717) is 12.6 Å². The number of ether oxygens (including phenoxy) is 2. The summed E-state index contributed by atoms with van der Waals surface area (Å²) in [5.74, 6) is 1.45. The molecule has 5 nitrogen and oxygen atoms in total. The Balaban J connectivity index is 2.18. The second kappa shape index (κ2) is 6.02. The molecule has 0 spiro atoms. The van der Waals surface area contributed by atoms with Crippen LogP contribution in [0.1, 0.15) is 18.5 Å². The van der Waals surface area contributed by atoms with Gasteiger partial charge in [-0.3, -0.25) is 9.88 Å². The van der Waals surface area contributed by atoms with Crippen molar-refractivity contribution in [2.45, 2.75) is 25.4 Å². The van der Waals surface area contributed by atoms with Gasteiger partial charge in [0.15, 0.2) is 11.5 Å². The van der Waals surface area contributed by atoms with Gasteiger partial charge in [0.05, 0.1) is 14.2 Å². The van der Waals surface area contributed by atoms with Crippen molar-refractivity contribution in [3.05, 3.63) is 18.0 Å². The molecule has 100 valence electrons. The Hall–Kier alpha value is -1.33. The second-order valence-electron chi connectivity index (χ2n) is 4.50. The van der Waals surface area contributed by atoms with E-state index in [9.17, 15) is 0 Å². The van der Waals surface area contributed by atoms with Gasteiger partial charge in [-0.15, -0.1) is 0 Å². The SMILES string of the molecule is COc1ccnc(CN2CCCC2CN)c1OC. The predicted molar refractivity (Wildman–Crippen MR) is 69.8 cm³/mol. The predicted octanol–water partition coefficient (Wildman–Crippen LogP) is 1.02. The molecule has 18 heavy (non-hydrogen) atoms. The summed E-state index contributed by atoms with van der Waals surface area (Å²) in [4.78, 5) is 6.77. The summed E-state index contributed by atoms with van der Waals surface area (Å²) in [6.45, 7) is 2.54. The number of aromatic nitrogens is 1. The van der Waals surface area contributed by atoms with Crippen LogP contribution in [-0.4, -0.2) is 43.2 Å². The Kier molecular flexibility index (Phi) is 4.38. The first-order valence-electron chi connectivity index (χ1n) is 6.30. The van der Waals surface area contributed by atoms with Crippen LogP contribution >= 0.6 is 0 Å². The van der Waals surface area contributed by atoms with Crippen LogP contribution in [0, 0.1) is 0 Å². The van der Waals surface area contributed by atoms with Crippen LogP contribution in [0.25, 0.3) is 0 Å². The van der Waals surface area contributed by atoms with Crippen molar-refractivity contribution in [2.75, 3.05) is 27.3 Å². The summed E-state index contributed by atoms with van der Waals surface area (Å²) in [7, 11) is 3.29. The van der Waals surface area contributed by atoms with Crippen molar-refractivity contribution in [2.24, 2.45) is 5.73 Å². The fourth-order valence-electron chi connectivity index (χ4n) is 2.53. The first kappa shape index (κ1) is 13.1. The van der Waals surface area contributed by atoms with E-state index in [1.807, 2.05) is 6.07 Å². The highest BCUT2D eigenvalue weighted by Gasteiger charge is 2.25. The van der Waals surface area contributed by atoms with Crippen LogP contribution in [0.4, 0.5) is 0 Å². The minimum atomic E-state index is 0.461. The largest absolute Gasteiger partial charge is 0.493 e. The summed E-state index contributed by atoms with van der Waals surface area (Å²) >= 11 is 0. The van der Waals surface area contributed by atoms with E-state index in [0.717, 1.165) is 30.3 Å². The van der Waals surface area contributed by atoms with E-state index >= 15 is 0 Å². The molecule has 0 bridgehead atoms. The normalized spacial score (nSPS) is 20.1. The quantitative estimate of drug-likeness (QED) is 0.846. The second-order valence-corrected chi connectivity index (χ2v) is 4.50. The molecule has 1 saturated heterocycles. The topological polar surface area (TPSA) is 60.6 Å². The van der Waals surface area contributed by atoms with Gasteiger partial charge >= 0.3 is 0 Å². The van der Waals surface area contributed by atoms with E-state index in [-0.39, 0.29) is 0 Å². The minimum absolute atomic E-state index is 0.461. The third-order valence-corrected chi connectivity index (χ3v) is 3.49. The molecule has 1 fully saturated rings. The lowest BCUT2D eigenvalue weighted by molar-refractivity contribution is 0.241. The molecule has 5 heteroatoms. The molecule has 0 aromatic carbocycles. The maximum absolute atomic E-state index is 5.79. The number of hydrogen-bond donors (Lipinski definition) is 1. The molecule has 1 atom stereocenters. The van der Waals surface area contributed by atoms with Gasteiger partial charge < -0.3 is 15.2 Å². The van der Waals surface area contributed by atoms with Gasteiger partial charge in [0.25, 0.3) is 0 Å². The summed E-state index contributed by atoms with van der Waals surface area (Å²) in [5, 5.41) is 0. The molecule has 1 unspecified atom stereocenters. The molecule has 0 saturated carbocycles. The zero-order chi connectivity index (χ0) is 13.0. The molecule has 1 aromatic heterocycles.